The maximum Gasteiger partial charge on any atom is 0.174 e. The lowest BCUT2D eigenvalue weighted by atomic mass is 9.96. The van der Waals surface area contributed by atoms with E-state index in [9.17, 15) is 0 Å². The van der Waals surface area contributed by atoms with Gasteiger partial charge in [0.2, 0.25) is 0 Å². The van der Waals surface area contributed by atoms with Gasteiger partial charge >= 0.3 is 0 Å². The maximum atomic E-state index is 5.95. The van der Waals surface area contributed by atoms with Crippen molar-refractivity contribution in [3.63, 3.8) is 0 Å². The molecule has 2 aliphatic heterocycles. The molecule has 4 heterocycles. The van der Waals surface area contributed by atoms with Crippen molar-refractivity contribution in [3.8, 4) is 0 Å². The molecule has 37 heavy (non-hydrogen) atoms. The Morgan fingerprint density at radius 3 is 2.49 bits per heavy atom. The minimum Gasteiger partial charge on any atom is -0.379 e. The third kappa shape index (κ3) is 5.44. The SMILES string of the molecule is Cc1cc([C@H]2[C@@H](c3ccccn3)NC(=S)N2c2ccc(C(C)C)cc2)c(C)n1CCCN1CCOCC1. The van der Waals surface area contributed by atoms with Gasteiger partial charge in [-0.25, -0.2) is 0 Å². The molecule has 1 aromatic carbocycles. The molecular weight excluding hydrogens is 478 g/mol. The number of morpholine rings is 1. The Balaban J connectivity index is 1.46. The van der Waals surface area contributed by atoms with Crippen LogP contribution in [0.1, 0.15) is 66.5 Å². The zero-order valence-corrected chi connectivity index (χ0v) is 23.3. The number of thiocarbonyl (C=S) groups is 1. The Labute approximate surface area is 226 Å². The van der Waals surface area contributed by atoms with E-state index in [4.69, 9.17) is 21.9 Å². The lowest BCUT2D eigenvalue weighted by Crippen LogP contribution is -2.37. The van der Waals surface area contributed by atoms with Gasteiger partial charge in [0, 0.05) is 49.5 Å². The number of hydrogen-bond donors (Lipinski definition) is 1. The summed E-state index contributed by atoms with van der Waals surface area (Å²) < 4.78 is 7.99. The highest BCUT2D eigenvalue weighted by Gasteiger charge is 2.42. The number of benzene rings is 1. The van der Waals surface area contributed by atoms with Crippen LogP contribution < -0.4 is 10.2 Å². The molecule has 6 nitrogen and oxygen atoms in total. The quantitative estimate of drug-likeness (QED) is 0.397. The van der Waals surface area contributed by atoms with Gasteiger partial charge in [-0.2, -0.15) is 0 Å². The van der Waals surface area contributed by atoms with Gasteiger partial charge in [0.25, 0.3) is 0 Å². The number of anilines is 1. The smallest absolute Gasteiger partial charge is 0.174 e. The molecule has 0 aliphatic carbocycles. The van der Waals surface area contributed by atoms with E-state index < -0.39 is 0 Å². The zero-order chi connectivity index (χ0) is 25.9. The average molecular weight is 518 g/mol. The van der Waals surface area contributed by atoms with Gasteiger partial charge in [0.1, 0.15) is 0 Å². The number of nitrogens with zero attached hydrogens (tertiary/aromatic N) is 4. The summed E-state index contributed by atoms with van der Waals surface area (Å²) in [4.78, 5) is 9.53. The Hall–Kier alpha value is -2.74. The van der Waals surface area contributed by atoms with Crippen molar-refractivity contribution in [2.75, 3.05) is 37.7 Å². The Bertz CT molecular complexity index is 1200. The van der Waals surface area contributed by atoms with E-state index in [0.29, 0.717) is 5.92 Å². The van der Waals surface area contributed by atoms with Gasteiger partial charge in [-0.15, -0.1) is 0 Å². The zero-order valence-electron chi connectivity index (χ0n) is 22.5. The molecule has 7 heteroatoms. The highest BCUT2D eigenvalue weighted by Crippen LogP contribution is 2.43. The third-order valence-electron chi connectivity index (χ3n) is 7.83. The number of aromatic nitrogens is 2. The minimum atomic E-state index is -0.0271. The molecule has 2 fully saturated rings. The van der Waals surface area contributed by atoms with Crippen molar-refractivity contribution in [1.29, 1.82) is 0 Å². The van der Waals surface area contributed by atoms with Crippen molar-refractivity contribution >= 4 is 23.0 Å². The molecule has 0 radical (unpaired) electrons. The van der Waals surface area contributed by atoms with Crippen molar-refractivity contribution in [2.45, 2.75) is 58.7 Å². The lowest BCUT2D eigenvalue weighted by Gasteiger charge is -2.28. The number of hydrogen-bond acceptors (Lipinski definition) is 4. The first-order valence-electron chi connectivity index (χ1n) is 13.5. The topological polar surface area (TPSA) is 45.6 Å². The molecule has 2 aliphatic rings. The van der Waals surface area contributed by atoms with Gasteiger partial charge < -0.3 is 19.5 Å². The fourth-order valence-corrected chi connectivity index (χ4v) is 6.06. The summed E-state index contributed by atoms with van der Waals surface area (Å²) in [6.45, 7) is 14.8. The Morgan fingerprint density at radius 2 is 1.81 bits per heavy atom. The van der Waals surface area contributed by atoms with Crippen LogP contribution in [0.15, 0.2) is 54.7 Å². The van der Waals surface area contributed by atoms with Gasteiger partial charge in [-0.05, 0) is 79.9 Å². The first-order chi connectivity index (χ1) is 17.9. The van der Waals surface area contributed by atoms with E-state index in [0.717, 1.165) is 62.3 Å². The van der Waals surface area contributed by atoms with Crippen LogP contribution in [0.5, 0.6) is 0 Å². The van der Waals surface area contributed by atoms with E-state index in [-0.39, 0.29) is 12.1 Å². The second-order valence-corrected chi connectivity index (χ2v) is 10.9. The number of aryl methyl sites for hydroxylation is 1. The summed E-state index contributed by atoms with van der Waals surface area (Å²) in [6.07, 6.45) is 2.99. The number of ether oxygens (including phenoxy) is 1. The van der Waals surface area contributed by atoms with Crippen LogP contribution in [0, 0.1) is 13.8 Å². The molecule has 196 valence electrons. The van der Waals surface area contributed by atoms with Crippen molar-refractivity contribution < 1.29 is 4.74 Å². The van der Waals surface area contributed by atoms with Crippen molar-refractivity contribution in [1.82, 2.24) is 19.8 Å². The molecule has 0 amide bonds. The van der Waals surface area contributed by atoms with Crippen LogP contribution in [0.25, 0.3) is 0 Å². The first-order valence-corrected chi connectivity index (χ1v) is 13.9. The monoisotopic (exact) mass is 517 g/mol. The molecule has 2 atom stereocenters. The van der Waals surface area contributed by atoms with Crippen LogP contribution in [-0.4, -0.2) is 52.4 Å². The molecule has 2 saturated heterocycles. The predicted octanol–water partition coefficient (Wildman–Crippen LogP) is 5.52. The second kappa shape index (κ2) is 11.3. The predicted molar refractivity (Wildman–Crippen MR) is 154 cm³/mol. The van der Waals surface area contributed by atoms with E-state index in [1.54, 1.807) is 0 Å². The van der Waals surface area contributed by atoms with E-state index in [1.165, 1.54) is 22.5 Å². The summed E-state index contributed by atoms with van der Waals surface area (Å²) in [5.41, 5.74) is 7.36. The van der Waals surface area contributed by atoms with Gasteiger partial charge in [0.05, 0.1) is 31.0 Å². The van der Waals surface area contributed by atoms with Gasteiger partial charge in [-0.1, -0.05) is 32.0 Å². The summed E-state index contributed by atoms with van der Waals surface area (Å²) in [7, 11) is 0. The highest BCUT2D eigenvalue weighted by molar-refractivity contribution is 7.80. The Kier molecular flexibility index (Phi) is 7.93. The van der Waals surface area contributed by atoms with Crippen molar-refractivity contribution in [3.05, 3.63) is 82.9 Å². The van der Waals surface area contributed by atoms with Crippen LogP contribution >= 0.6 is 12.2 Å². The molecular formula is C30H39N5OS. The summed E-state index contributed by atoms with van der Waals surface area (Å²) in [6, 6.07) is 17.3. The molecule has 2 aromatic heterocycles. The molecule has 3 aromatic rings. The fourth-order valence-electron chi connectivity index (χ4n) is 5.72. The molecule has 0 saturated carbocycles. The number of nitrogens with one attached hydrogen (secondary N) is 1. The largest absolute Gasteiger partial charge is 0.379 e. The second-order valence-electron chi connectivity index (χ2n) is 10.5. The molecule has 0 spiro atoms. The third-order valence-corrected chi connectivity index (χ3v) is 8.14. The maximum absolute atomic E-state index is 5.95. The average Bonchev–Trinajstić information content (AvgIpc) is 3.40. The first kappa shape index (κ1) is 25.9. The highest BCUT2D eigenvalue weighted by atomic mass is 32.1. The van der Waals surface area contributed by atoms with Gasteiger partial charge in [0.15, 0.2) is 5.11 Å². The van der Waals surface area contributed by atoms with Crippen LogP contribution in [0.2, 0.25) is 0 Å². The molecule has 0 unspecified atom stereocenters. The number of rotatable bonds is 8. The number of pyridine rings is 1. The summed E-state index contributed by atoms with van der Waals surface area (Å²) >= 11 is 5.95. The van der Waals surface area contributed by atoms with Crippen LogP contribution in [-0.2, 0) is 11.3 Å². The molecule has 5 rings (SSSR count). The lowest BCUT2D eigenvalue weighted by molar-refractivity contribution is 0.0369. The normalized spacial score (nSPS) is 20.6. The minimum absolute atomic E-state index is 0.0199. The van der Waals surface area contributed by atoms with Crippen molar-refractivity contribution in [2.24, 2.45) is 0 Å². The Morgan fingerprint density at radius 1 is 1.05 bits per heavy atom. The van der Waals surface area contributed by atoms with E-state index in [2.05, 4.69) is 89.8 Å². The molecule has 1 N–H and O–H groups in total. The summed E-state index contributed by atoms with van der Waals surface area (Å²) in [5, 5.41) is 4.36. The van der Waals surface area contributed by atoms with Gasteiger partial charge in [-0.3, -0.25) is 9.88 Å². The summed E-state index contributed by atoms with van der Waals surface area (Å²) in [5.74, 6) is 0.492. The fraction of sp³-hybridized carbons (Fsp3) is 0.467. The molecule has 0 bridgehead atoms. The van der Waals surface area contributed by atoms with E-state index >= 15 is 0 Å². The van der Waals surface area contributed by atoms with Crippen LogP contribution in [0.3, 0.4) is 0 Å². The van der Waals surface area contributed by atoms with Crippen LogP contribution in [0.4, 0.5) is 5.69 Å². The van der Waals surface area contributed by atoms with E-state index in [1.807, 2.05) is 12.3 Å². The standard InChI is InChI=1S/C30H39N5OS/c1-21(2)24-9-11-25(12-10-24)35-29(28(32-30(35)37)27-8-5-6-13-31-27)26-20-22(3)34(23(26)4)15-7-14-33-16-18-36-19-17-33/h5-6,8-13,20-21,28-29H,7,14-19H2,1-4H3,(H,32,37)/t28-,29+/m1/s1.